The van der Waals surface area contributed by atoms with Crippen LogP contribution < -0.4 is 25.2 Å². The lowest BCUT2D eigenvalue weighted by Crippen LogP contribution is -2.57. The van der Waals surface area contributed by atoms with Crippen molar-refractivity contribution in [2.24, 2.45) is 17.6 Å². The molecule has 2 saturated heterocycles. The lowest BCUT2D eigenvalue weighted by atomic mass is 9.94. The number of carbonyl (C=O) groups is 4. The number of nitrogens with one attached hydrogen (secondary N) is 2. The zero-order valence-electron chi connectivity index (χ0n) is 32.8. The highest BCUT2D eigenvalue weighted by Crippen LogP contribution is 2.46. The van der Waals surface area contributed by atoms with Gasteiger partial charge in [0, 0.05) is 66.9 Å². The second kappa shape index (κ2) is 16.3. The van der Waals surface area contributed by atoms with Crippen molar-refractivity contribution in [1.29, 1.82) is 0 Å². The lowest BCUT2D eigenvalue weighted by molar-refractivity contribution is -0.145. The summed E-state index contributed by atoms with van der Waals surface area (Å²) in [7, 11) is -2.31. The standard InChI is InChI=1S/C43H52N6O8S/c1-56-31-14-17-34-36(21-31)45-35(27-10-7-5-8-11-27)23-38(34)57-32-22-37-40(51)46-43(42(53)47-58(54,55)33-15-16-33)24-29(43)13-9-4-2-3-6-12-28(41(52)49(37)26-32)20-39(50)48-19-18-30(44)25-48/h5,7-11,13-14,17,21,23,28-30,32-33,37H,2-4,6,12,15-16,18-20,22,24-26,44H2,1H3,(H,46,51)(H,47,53)/t28-,29-,30-,32-,37+,43-/m1/s1. The fourth-order valence-corrected chi connectivity index (χ4v) is 10.0. The largest absolute Gasteiger partial charge is 0.497 e. The number of sulfonamides is 1. The molecule has 4 fully saturated rings. The van der Waals surface area contributed by atoms with Crippen LogP contribution in [0.2, 0.25) is 0 Å². The van der Waals surface area contributed by atoms with E-state index in [1.165, 1.54) is 4.90 Å². The minimum absolute atomic E-state index is 0.00742. The molecule has 1 aromatic heterocycles. The van der Waals surface area contributed by atoms with Crippen molar-refractivity contribution in [3.8, 4) is 22.8 Å². The predicted molar refractivity (Wildman–Crippen MR) is 217 cm³/mol. The van der Waals surface area contributed by atoms with Crippen molar-refractivity contribution in [3.05, 3.63) is 66.7 Å². The molecular weight excluding hydrogens is 761 g/mol. The number of ether oxygens (including phenoxy) is 2. The number of rotatable bonds is 9. The lowest BCUT2D eigenvalue weighted by Gasteiger charge is -2.30. The Bertz CT molecular complexity index is 2210. The first-order valence-electron chi connectivity index (χ1n) is 20.5. The fourth-order valence-electron chi connectivity index (χ4n) is 8.67. The van der Waals surface area contributed by atoms with E-state index in [1.54, 1.807) is 12.0 Å². The number of carbonyl (C=O) groups excluding carboxylic acids is 4. The molecule has 0 bridgehead atoms. The van der Waals surface area contributed by atoms with E-state index in [2.05, 4.69) is 10.0 Å². The van der Waals surface area contributed by atoms with Crippen LogP contribution in [0.4, 0.5) is 0 Å². The third-order valence-electron chi connectivity index (χ3n) is 12.3. The van der Waals surface area contributed by atoms with Crippen LogP contribution in [0, 0.1) is 11.8 Å². The number of nitrogens with two attached hydrogens (primary N) is 1. The van der Waals surface area contributed by atoms with Crippen LogP contribution >= 0.6 is 0 Å². The summed E-state index contributed by atoms with van der Waals surface area (Å²) < 4.78 is 40.4. The smallest absolute Gasteiger partial charge is 0.259 e. The SMILES string of the molecule is COc1ccc2c(O[C@@H]3C[C@H]4C(=O)N[C@]5(C(=O)NS(=O)(=O)C6CC6)C[C@H]5C=CCCCCC[C@H](CC(=O)N5CC[C@@H](N)C5)C(=O)N4C3)cc(-c3ccccc3)nc2c1. The number of methoxy groups -OCH3 is 1. The van der Waals surface area contributed by atoms with E-state index in [1.807, 2.05) is 66.7 Å². The van der Waals surface area contributed by atoms with Crippen LogP contribution in [0.15, 0.2) is 66.7 Å². The van der Waals surface area contributed by atoms with Crippen LogP contribution in [-0.4, -0.2) is 103 Å². The van der Waals surface area contributed by atoms with E-state index in [0.717, 1.165) is 24.8 Å². The number of hydrogen-bond donors (Lipinski definition) is 3. The quantitative estimate of drug-likeness (QED) is 0.268. The Kier molecular flexibility index (Phi) is 11.2. The number of hydrogen-bond acceptors (Lipinski definition) is 10. The van der Waals surface area contributed by atoms with Crippen molar-refractivity contribution in [3.63, 3.8) is 0 Å². The maximum Gasteiger partial charge on any atom is 0.259 e. The highest BCUT2D eigenvalue weighted by atomic mass is 32.2. The molecule has 2 aromatic carbocycles. The Morgan fingerprint density at radius 1 is 1.02 bits per heavy atom. The minimum Gasteiger partial charge on any atom is -0.497 e. The van der Waals surface area contributed by atoms with E-state index < -0.39 is 56.6 Å². The van der Waals surface area contributed by atoms with E-state index in [4.69, 9.17) is 20.2 Å². The number of amides is 4. The summed E-state index contributed by atoms with van der Waals surface area (Å²) in [5.74, 6) is -1.78. The van der Waals surface area contributed by atoms with Gasteiger partial charge >= 0.3 is 0 Å². The number of aromatic nitrogens is 1. The third-order valence-corrected chi connectivity index (χ3v) is 14.1. The highest BCUT2D eigenvalue weighted by molar-refractivity contribution is 7.91. The Morgan fingerprint density at radius 2 is 1.83 bits per heavy atom. The molecule has 2 aliphatic carbocycles. The van der Waals surface area contributed by atoms with Gasteiger partial charge in [-0.25, -0.2) is 13.4 Å². The first kappa shape index (κ1) is 39.8. The summed E-state index contributed by atoms with van der Waals surface area (Å²) in [5.41, 5.74) is 6.82. The Labute approximate surface area is 338 Å². The number of likely N-dealkylation sites (tertiary alicyclic amines) is 1. The molecule has 3 aliphatic heterocycles. The molecule has 4 N–H and O–H groups in total. The summed E-state index contributed by atoms with van der Waals surface area (Å²) in [6.07, 6.45) is 8.75. The molecule has 3 aromatic rings. The summed E-state index contributed by atoms with van der Waals surface area (Å²) in [5, 5.41) is 3.04. The van der Waals surface area contributed by atoms with Crippen molar-refractivity contribution in [2.75, 3.05) is 26.7 Å². The van der Waals surface area contributed by atoms with Gasteiger partial charge in [0.25, 0.3) is 5.91 Å². The van der Waals surface area contributed by atoms with Gasteiger partial charge in [0.15, 0.2) is 0 Å². The van der Waals surface area contributed by atoms with Crippen molar-refractivity contribution in [2.45, 2.75) is 99.6 Å². The van der Waals surface area contributed by atoms with Crippen molar-refractivity contribution >= 4 is 44.6 Å². The predicted octanol–water partition coefficient (Wildman–Crippen LogP) is 3.83. The molecule has 4 amide bonds. The van der Waals surface area contributed by atoms with Crippen LogP contribution in [0.3, 0.4) is 0 Å². The normalized spacial score (nSPS) is 27.9. The zero-order valence-corrected chi connectivity index (χ0v) is 33.6. The van der Waals surface area contributed by atoms with Crippen LogP contribution in [0.25, 0.3) is 22.2 Å². The Balaban J connectivity index is 1.12. The maximum absolute atomic E-state index is 14.8. The molecule has 0 unspecified atom stereocenters. The molecule has 0 spiro atoms. The molecule has 2 saturated carbocycles. The first-order valence-corrected chi connectivity index (χ1v) is 22.1. The number of allylic oxidation sites excluding steroid dienone is 1. The van der Waals surface area contributed by atoms with Gasteiger partial charge in [0.1, 0.15) is 29.2 Å². The number of nitrogens with zero attached hydrogens (tertiary/aromatic N) is 3. The van der Waals surface area contributed by atoms with Crippen molar-refractivity contribution in [1.82, 2.24) is 24.8 Å². The summed E-state index contributed by atoms with van der Waals surface area (Å²) in [6, 6.07) is 15.9. The van der Waals surface area contributed by atoms with E-state index in [0.29, 0.717) is 73.3 Å². The van der Waals surface area contributed by atoms with Crippen molar-refractivity contribution < 1.29 is 37.1 Å². The van der Waals surface area contributed by atoms with Gasteiger partial charge in [-0.15, -0.1) is 0 Å². The average Bonchev–Trinajstić information content (AvgIpc) is 4.11. The van der Waals surface area contributed by atoms with Gasteiger partial charge < -0.3 is 30.3 Å². The summed E-state index contributed by atoms with van der Waals surface area (Å²) in [4.78, 5) is 65.0. The van der Waals surface area contributed by atoms with Gasteiger partial charge in [-0.2, -0.15) is 0 Å². The monoisotopic (exact) mass is 812 g/mol. The molecular formula is C43H52N6O8S. The Hall–Kier alpha value is -5.02. The molecule has 15 heteroatoms. The van der Waals surface area contributed by atoms with Crippen LogP contribution in [-0.2, 0) is 29.2 Å². The molecule has 58 heavy (non-hydrogen) atoms. The molecule has 8 rings (SSSR count). The van der Waals surface area contributed by atoms with Crippen LogP contribution in [0.5, 0.6) is 11.5 Å². The highest BCUT2D eigenvalue weighted by Gasteiger charge is 2.62. The molecule has 4 heterocycles. The molecule has 14 nitrogen and oxygen atoms in total. The van der Waals surface area contributed by atoms with E-state index in [-0.39, 0.29) is 43.7 Å². The fraction of sp³-hybridized carbons (Fsp3) is 0.512. The van der Waals surface area contributed by atoms with Crippen LogP contribution in [0.1, 0.15) is 70.6 Å². The average molecular weight is 813 g/mol. The first-order chi connectivity index (χ1) is 27.9. The van der Waals surface area contributed by atoms with Gasteiger partial charge in [0.2, 0.25) is 27.7 Å². The van der Waals surface area contributed by atoms with E-state index >= 15 is 0 Å². The van der Waals surface area contributed by atoms with Gasteiger partial charge in [-0.3, -0.25) is 23.9 Å². The topological polar surface area (TPSA) is 190 Å². The zero-order chi connectivity index (χ0) is 40.6. The van der Waals surface area contributed by atoms with Gasteiger partial charge in [-0.1, -0.05) is 55.3 Å². The minimum atomic E-state index is -3.89. The summed E-state index contributed by atoms with van der Waals surface area (Å²) in [6.45, 7) is 1.03. The Morgan fingerprint density at radius 3 is 2.57 bits per heavy atom. The second-order valence-electron chi connectivity index (χ2n) is 16.5. The molecule has 0 radical (unpaired) electrons. The van der Waals surface area contributed by atoms with Gasteiger partial charge in [-0.05, 0) is 57.1 Å². The van der Waals surface area contributed by atoms with E-state index in [9.17, 15) is 27.6 Å². The molecule has 308 valence electrons. The van der Waals surface area contributed by atoms with Gasteiger partial charge in [0.05, 0.1) is 30.1 Å². The molecule has 6 atom stereocenters. The third kappa shape index (κ3) is 8.42. The number of pyridine rings is 1. The summed E-state index contributed by atoms with van der Waals surface area (Å²) >= 11 is 0. The number of fused-ring (bicyclic) bond motifs is 3. The molecule has 5 aliphatic rings. The number of benzene rings is 2. The maximum atomic E-state index is 14.8. The second-order valence-corrected chi connectivity index (χ2v) is 18.5.